The van der Waals surface area contributed by atoms with Gasteiger partial charge in [-0.3, -0.25) is 4.79 Å². The zero-order valence-corrected chi connectivity index (χ0v) is 19.1. The van der Waals surface area contributed by atoms with Gasteiger partial charge in [0.05, 0.1) is 11.2 Å². The van der Waals surface area contributed by atoms with E-state index < -0.39 is 0 Å². The molecule has 0 N–H and O–H groups in total. The number of nitrogens with zero attached hydrogens (tertiary/aromatic N) is 1. The fourth-order valence-electron chi connectivity index (χ4n) is 3.97. The molecular formula is C29H26ClNO. The summed E-state index contributed by atoms with van der Waals surface area (Å²) in [7, 11) is 0. The third-order valence-corrected chi connectivity index (χ3v) is 6.08. The average Bonchev–Trinajstić information content (AvgIpc) is 2.81. The second-order valence-corrected chi connectivity index (χ2v) is 8.67. The van der Waals surface area contributed by atoms with Gasteiger partial charge in [0.15, 0.2) is 5.78 Å². The van der Waals surface area contributed by atoms with Gasteiger partial charge in [0, 0.05) is 16.0 Å². The number of aryl methyl sites for hydroxylation is 1. The van der Waals surface area contributed by atoms with E-state index in [1.165, 1.54) is 5.56 Å². The smallest absolute Gasteiger partial charge is 0.160 e. The van der Waals surface area contributed by atoms with Crippen LogP contribution in [0.25, 0.3) is 23.1 Å². The van der Waals surface area contributed by atoms with Crippen LogP contribution in [0.15, 0.2) is 78.9 Å². The average molecular weight is 440 g/mol. The predicted molar refractivity (Wildman–Crippen MR) is 135 cm³/mol. The summed E-state index contributed by atoms with van der Waals surface area (Å²) >= 11 is 6.11. The van der Waals surface area contributed by atoms with Crippen molar-refractivity contribution in [1.29, 1.82) is 0 Å². The van der Waals surface area contributed by atoms with E-state index in [1.807, 2.05) is 48.5 Å². The Morgan fingerprint density at radius 3 is 2.62 bits per heavy atom. The van der Waals surface area contributed by atoms with Crippen LogP contribution in [0.2, 0.25) is 5.02 Å². The van der Waals surface area contributed by atoms with Crippen molar-refractivity contribution in [3.8, 4) is 0 Å². The van der Waals surface area contributed by atoms with Crippen molar-refractivity contribution in [2.45, 2.75) is 32.6 Å². The number of hydrogen-bond donors (Lipinski definition) is 0. The molecule has 0 saturated heterocycles. The van der Waals surface area contributed by atoms with E-state index in [0.29, 0.717) is 10.9 Å². The number of carbonyl (C=O) groups excluding carboxylic acids is 1. The van der Waals surface area contributed by atoms with E-state index in [2.05, 4.69) is 49.4 Å². The lowest BCUT2D eigenvalue weighted by atomic mass is 9.91. The monoisotopic (exact) mass is 439 g/mol. The number of aromatic nitrogens is 1. The molecule has 0 aliphatic rings. The zero-order valence-electron chi connectivity index (χ0n) is 18.4. The molecule has 0 aliphatic heterocycles. The standard InChI is InChI=1S/C29H26ClNO/c1-20(10-12-23-7-3-4-9-28(23)21(2)32)25-8-5-6-22(18-25)11-16-27-17-14-24-13-15-26(30)19-29(24)31-27/h3-9,11,13-20H,10,12H2,1-2H3/b16-11+/t20-/m0/s1. The van der Waals surface area contributed by atoms with E-state index in [0.717, 1.165) is 46.1 Å². The molecule has 0 saturated carbocycles. The molecule has 0 aliphatic carbocycles. The molecule has 4 rings (SSSR count). The number of ketones is 1. The molecule has 0 fully saturated rings. The quantitative estimate of drug-likeness (QED) is 0.273. The van der Waals surface area contributed by atoms with Gasteiger partial charge >= 0.3 is 0 Å². The fraction of sp³-hybridized carbons (Fsp3) is 0.172. The van der Waals surface area contributed by atoms with Crippen LogP contribution in [0, 0.1) is 0 Å². The Morgan fingerprint density at radius 2 is 1.78 bits per heavy atom. The van der Waals surface area contributed by atoms with Crippen molar-refractivity contribution < 1.29 is 4.79 Å². The SMILES string of the molecule is CC(=O)c1ccccc1CC[C@H](C)c1cccc(/C=C/c2ccc3ccc(Cl)cc3n2)c1. The Hall–Kier alpha value is -3.23. The lowest BCUT2D eigenvalue weighted by Crippen LogP contribution is -2.02. The molecule has 4 aromatic rings. The van der Waals surface area contributed by atoms with Crippen LogP contribution in [0.4, 0.5) is 0 Å². The van der Waals surface area contributed by atoms with Gasteiger partial charge in [0.2, 0.25) is 0 Å². The summed E-state index contributed by atoms with van der Waals surface area (Å²) in [6, 6.07) is 26.4. The second-order valence-electron chi connectivity index (χ2n) is 8.23. The van der Waals surface area contributed by atoms with Crippen LogP contribution >= 0.6 is 11.6 Å². The van der Waals surface area contributed by atoms with E-state index >= 15 is 0 Å². The van der Waals surface area contributed by atoms with Crippen molar-refractivity contribution in [1.82, 2.24) is 4.98 Å². The highest BCUT2D eigenvalue weighted by Gasteiger charge is 2.10. The van der Waals surface area contributed by atoms with Gasteiger partial charge < -0.3 is 0 Å². The van der Waals surface area contributed by atoms with Gasteiger partial charge in [0.25, 0.3) is 0 Å². The second kappa shape index (κ2) is 9.93. The Labute approximate surface area is 194 Å². The normalized spacial score (nSPS) is 12.3. The minimum Gasteiger partial charge on any atom is -0.295 e. The number of Topliss-reactive ketones (excluding diaryl/α,β-unsaturated/α-hetero) is 1. The first-order valence-electron chi connectivity index (χ1n) is 10.9. The highest BCUT2D eigenvalue weighted by Crippen LogP contribution is 2.24. The Balaban J connectivity index is 1.47. The number of pyridine rings is 1. The van der Waals surface area contributed by atoms with Crippen molar-refractivity contribution >= 4 is 40.4 Å². The van der Waals surface area contributed by atoms with Gasteiger partial charge in [-0.25, -0.2) is 4.98 Å². The molecule has 32 heavy (non-hydrogen) atoms. The molecule has 0 spiro atoms. The minimum atomic E-state index is 0.130. The topological polar surface area (TPSA) is 30.0 Å². The Bertz CT molecular complexity index is 1290. The van der Waals surface area contributed by atoms with Crippen LogP contribution in [-0.4, -0.2) is 10.8 Å². The van der Waals surface area contributed by atoms with E-state index in [1.54, 1.807) is 6.92 Å². The third-order valence-electron chi connectivity index (χ3n) is 5.85. The molecule has 2 nitrogen and oxygen atoms in total. The van der Waals surface area contributed by atoms with Gasteiger partial charge in [-0.1, -0.05) is 85.3 Å². The molecule has 3 aromatic carbocycles. The third kappa shape index (κ3) is 5.33. The number of rotatable bonds is 7. The molecule has 1 aromatic heterocycles. The maximum Gasteiger partial charge on any atom is 0.160 e. The Kier molecular flexibility index (Phi) is 6.82. The summed E-state index contributed by atoms with van der Waals surface area (Å²) in [5.74, 6) is 0.522. The number of carbonyl (C=O) groups is 1. The zero-order chi connectivity index (χ0) is 22.5. The predicted octanol–water partition coefficient (Wildman–Crippen LogP) is 8.00. The lowest BCUT2D eigenvalue weighted by Gasteiger charge is -2.14. The Morgan fingerprint density at radius 1 is 0.969 bits per heavy atom. The van der Waals surface area contributed by atoms with Crippen molar-refractivity contribution in [2.24, 2.45) is 0 Å². The molecule has 1 heterocycles. The number of benzene rings is 3. The highest BCUT2D eigenvalue weighted by atomic mass is 35.5. The lowest BCUT2D eigenvalue weighted by molar-refractivity contribution is 0.101. The first kappa shape index (κ1) is 22.0. The van der Waals surface area contributed by atoms with Crippen LogP contribution in [0.3, 0.4) is 0 Å². The van der Waals surface area contributed by atoms with Gasteiger partial charge in [-0.15, -0.1) is 0 Å². The molecule has 0 bridgehead atoms. The summed E-state index contributed by atoms with van der Waals surface area (Å²) < 4.78 is 0. The summed E-state index contributed by atoms with van der Waals surface area (Å²) in [6.07, 6.45) is 6.01. The van der Waals surface area contributed by atoms with Crippen molar-refractivity contribution in [2.75, 3.05) is 0 Å². The summed E-state index contributed by atoms with van der Waals surface area (Å²) in [5, 5.41) is 1.77. The molecule has 0 radical (unpaired) electrons. The highest BCUT2D eigenvalue weighted by molar-refractivity contribution is 6.31. The van der Waals surface area contributed by atoms with Gasteiger partial charge in [0.1, 0.15) is 0 Å². The van der Waals surface area contributed by atoms with Crippen molar-refractivity contribution in [3.05, 3.63) is 112 Å². The number of fused-ring (bicyclic) bond motifs is 1. The molecule has 160 valence electrons. The molecule has 1 atom stereocenters. The summed E-state index contributed by atoms with van der Waals surface area (Å²) in [6.45, 7) is 3.88. The summed E-state index contributed by atoms with van der Waals surface area (Å²) in [5.41, 5.74) is 6.20. The molecular weight excluding hydrogens is 414 g/mol. The van der Waals surface area contributed by atoms with E-state index in [4.69, 9.17) is 16.6 Å². The van der Waals surface area contributed by atoms with E-state index in [-0.39, 0.29) is 5.78 Å². The molecule has 0 amide bonds. The van der Waals surface area contributed by atoms with E-state index in [9.17, 15) is 4.79 Å². The fourth-order valence-corrected chi connectivity index (χ4v) is 4.14. The maximum absolute atomic E-state index is 11.9. The van der Waals surface area contributed by atoms with Gasteiger partial charge in [-0.05, 0) is 66.6 Å². The van der Waals surface area contributed by atoms with Crippen LogP contribution in [0.5, 0.6) is 0 Å². The first-order valence-corrected chi connectivity index (χ1v) is 11.3. The van der Waals surface area contributed by atoms with Crippen LogP contribution in [-0.2, 0) is 6.42 Å². The first-order chi connectivity index (χ1) is 15.5. The van der Waals surface area contributed by atoms with Gasteiger partial charge in [-0.2, -0.15) is 0 Å². The maximum atomic E-state index is 11.9. The summed E-state index contributed by atoms with van der Waals surface area (Å²) in [4.78, 5) is 16.6. The van der Waals surface area contributed by atoms with Crippen LogP contribution in [0.1, 0.15) is 58.9 Å². The van der Waals surface area contributed by atoms with Crippen molar-refractivity contribution in [3.63, 3.8) is 0 Å². The molecule has 0 unspecified atom stereocenters. The largest absolute Gasteiger partial charge is 0.295 e. The minimum absolute atomic E-state index is 0.130. The van der Waals surface area contributed by atoms with Crippen LogP contribution < -0.4 is 0 Å². The molecule has 3 heteroatoms. The number of halogens is 1. The number of hydrogen-bond acceptors (Lipinski definition) is 2.